The van der Waals surface area contributed by atoms with E-state index in [1.165, 1.54) is 18.2 Å². The monoisotopic (exact) mass is 445 g/mol. The Balaban J connectivity index is 1.43. The van der Waals surface area contributed by atoms with Crippen LogP contribution in [0, 0.1) is 0 Å². The van der Waals surface area contributed by atoms with E-state index in [-0.39, 0.29) is 40.4 Å². The van der Waals surface area contributed by atoms with Gasteiger partial charge in [0.2, 0.25) is 0 Å². The van der Waals surface area contributed by atoms with Gasteiger partial charge in [0.05, 0.1) is 7.11 Å². The summed E-state index contributed by atoms with van der Waals surface area (Å²) in [5.41, 5.74) is 1.53. The van der Waals surface area contributed by atoms with E-state index in [0.29, 0.717) is 18.7 Å². The summed E-state index contributed by atoms with van der Waals surface area (Å²) in [6.45, 7) is 0.167. The number of methoxy groups -OCH3 is 1. The number of hydrogen-bond acceptors (Lipinski definition) is 6. The van der Waals surface area contributed by atoms with Crippen LogP contribution in [0.15, 0.2) is 82.0 Å². The molecule has 0 atom stereocenters. The third-order valence-corrected chi connectivity index (χ3v) is 5.12. The molecule has 1 heterocycles. The molecule has 7 nitrogen and oxygen atoms in total. The minimum Gasteiger partial charge on any atom is -0.507 e. The van der Waals surface area contributed by atoms with Crippen molar-refractivity contribution >= 4 is 16.9 Å². The number of carbonyl (C=O) groups is 1. The van der Waals surface area contributed by atoms with Crippen molar-refractivity contribution in [3.05, 3.63) is 88.6 Å². The molecular formula is C26H23NO6. The van der Waals surface area contributed by atoms with Gasteiger partial charge < -0.3 is 24.3 Å². The first-order valence-electron chi connectivity index (χ1n) is 10.4. The number of fused-ring (bicyclic) bond motifs is 1. The van der Waals surface area contributed by atoms with Gasteiger partial charge in [-0.3, -0.25) is 9.59 Å². The standard InChI is InChI=1S/C26H23NO6/c1-31-22-10-6-5-9-18(22)11-12-27-25(30)16-32-19-13-20(28)26-21(29)15-23(33-24(26)14-19)17-7-3-2-4-8-17/h2-10,13-15,28H,11-12,16H2,1H3,(H,27,30). The lowest BCUT2D eigenvalue weighted by Gasteiger charge is -2.11. The van der Waals surface area contributed by atoms with E-state index in [1.54, 1.807) is 7.11 Å². The van der Waals surface area contributed by atoms with Gasteiger partial charge in [-0.2, -0.15) is 0 Å². The van der Waals surface area contributed by atoms with E-state index in [1.807, 2.05) is 54.6 Å². The van der Waals surface area contributed by atoms with E-state index in [2.05, 4.69) is 5.32 Å². The van der Waals surface area contributed by atoms with E-state index in [4.69, 9.17) is 13.9 Å². The fourth-order valence-corrected chi connectivity index (χ4v) is 3.52. The molecular weight excluding hydrogens is 422 g/mol. The second-order valence-corrected chi connectivity index (χ2v) is 7.36. The van der Waals surface area contributed by atoms with E-state index >= 15 is 0 Å². The van der Waals surface area contributed by atoms with Gasteiger partial charge in [-0.25, -0.2) is 0 Å². The molecule has 7 heteroatoms. The molecule has 1 amide bonds. The van der Waals surface area contributed by atoms with Crippen LogP contribution in [0.3, 0.4) is 0 Å². The molecule has 4 aromatic rings. The van der Waals surface area contributed by atoms with Crippen molar-refractivity contribution in [3.63, 3.8) is 0 Å². The maximum absolute atomic E-state index is 12.5. The molecule has 2 N–H and O–H groups in total. The zero-order valence-electron chi connectivity index (χ0n) is 18.0. The normalized spacial score (nSPS) is 10.7. The Morgan fingerprint density at radius 2 is 1.79 bits per heavy atom. The third-order valence-electron chi connectivity index (χ3n) is 5.12. The number of hydrogen-bond donors (Lipinski definition) is 2. The topological polar surface area (TPSA) is 98.0 Å². The van der Waals surface area contributed by atoms with E-state index in [9.17, 15) is 14.7 Å². The Bertz CT molecular complexity index is 1330. The number of rotatable bonds is 8. The molecule has 4 rings (SSSR count). The van der Waals surface area contributed by atoms with Crippen LogP contribution in [0.1, 0.15) is 5.56 Å². The number of nitrogens with one attached hydrogen (secondary N) is 1. The minimum absolute atomic E-state index is 0.0586. The van der Waals surface area contributed by atoms with E-state index < -0.39 is 0 Å². The Hall–Kier alpha value is -4.26. The van der Waals surface area contributed by atoms with Gasteiger partial charge in [0.15, 0.2) is 12.0 Å². The number of aromatic hydroxyl groups is 1. The SMILES string of the molecule is COc1ccccc1CCNC(=O)COc1cc(O)c2c(=O)cc(-c3ccccc3)oc2c1. The summed E-state index contributed by atoms with van der Waals surface area (Å²) < 4.78 is 16.7. The van der Waals surface area contributed by atoms with Crippen LogP contribution in [-0.2, 0) is 11.2 Å². The predicted molar refractivity (Wildman–Crippen MR) is 125 cm³/mol. The van der Waals surface area contributed by atoms with Crippen molar-refractivity contribution in [2.45, 2.75) is 6.42 Å². The number of phenolic OH excluding ortho intramolecular Hbond substituents is 1. The van der Waals surface area contributed by atoms with Crippen LogP contribution in [-0.4, -0.2) is 31.3 Å². The second kappa shape index (κ2) is 9.91. The maximum Gasteiger partial charge on any atom is 0.257 e. The second-order valence-electron chi connectivity index (χ2n) is 7.36. The fourth-order valence-electron chi connectivity index (χ4n) is 3.52. The van der Waals surface area contributed by atoms with Gasteiger partial charge in [0.25, 0.3) is 5.91 Å². The van der Waals surface area contributed by atoms with Crippen LogP contribution in [0.5, 0.6) is 17.2 Å². The molecule has 168 valence electrons. The van der Waals surface area contributed by atoms with Gasteiger partial charge in [-0.15, -0.1) is 0 Å². The molecule has 0 aliphatic carbocycles. The van der Waals surface area contributed by atoms with Crippen LogP contribution in [0.2, 0.25) is 0 Å². The highest BCUT2D eigenvalue weighted by Crippen LogP contribution is 2.31. The Kier molecular flexibility index (Phi) is 6.59. The van der Waals surface area contributed by atoms with Crippen molar-refractivity contribution in [3.8, 4) is 28.6 Å². The van der Waals surface area contributed by atoms with Crippen molar-refractivity contribution in [2.24, 2.45) is 0 Å². The summed E-state index contributed by atoms with van der Waals surface area (Å²) in [5, 5.41) is 13.2. The van der Waals surface area contributed by atoms with Gasteiger partial charge in [0, 0.05) is 30.3 Å². The quantitative estimate of drug-likeness (QED) is 0.427. The number of phenols is 1. The number of amides is 1. The first-order valence-corrected chi connectivity index (χ1v) is 10.4. The molecule has 0 spiro atoms. The maximum atomic E-state index is 12.5. The lowest BCUT2D eigenvalue weighted by Crippen LogP contribution is -2.30. The first kappa shape index (κ1) is 22.0. The number of para-hydroxylation sites is 1. The largest absolute Gasteiger partial charge is 0.507 e. The highest BCUT2D eigenvalue weighted by molar-refractivity contribution is 5.86. The zero-order valence-corrected chi connectivity index (χ0v) is 18.0. The van der Waals surface area contributed by atoms with Crippen LogP contribution in [0.25, 0.3) is 22.3 Å². The molecule has 0 unspecified atom stereocenters. The summed E-state index contributed by atoms with van der Waals surface area (Å²) in [7, 11) is 1.61. The predicted octanol–water partition coefficient (Wildman–Crippen LogP) is 3.91. The van der Waals surface area contributed by atoms with Crippen LogP contribution in [0.4, 0.5) is 0 Å². The lowest BCUT2D eigenvalue weighted by atomic mass is 10.1. The molecule has 1 aromatic heterocycles. The van der Waals surface area contributed by atoms with Gasteiger partial charge >= 0.3 is 0 Å². The summed E-state index contributed by atoms with van der Waals surface area (Å²) >= 11 is 0. The average molecular weight is 445 g/mol. The van der Waals surface area contributed by atoms with Crippen molar-refractivity contribution in [2.75, 3.05) is 20.3 Å². The first-order chi connectivity index (χ1) is 16.0. The summed E-state index contributed by atoms with van der Waals surface area (Å²) in [4.78, 5) is 24.7. The molecule has 0 saturated heterocycles. The highest BCUT2D eigenvalue weighted by atomic mass is 16.5. The highest BCUT2D eigenvalue weighted by Gasteiger charge is 2.14. The summed E-state index contributed by atoms with van der Waals surface area (Å²) in [5.74, 6) is 0.773. The molecule has 3 aromatic carbocycles. The Morgan fingerprint density at radius 3 is 2.58 bits per heavy atom. The van der Waals surface area contributed by atoms with Crippen molar-refractivity contribution < 1.29 is 23.8 Å². The van der Waals surface area contributed by atoms with Crippen LogP contribution >= 0.6 is 0 Å². The summed E-state index contributed by atoms with van der Waals surface area (Å²) in [6.07, 6.45) is 0.611. The number of carbonyl (C=O) groups excluding carboxylic acids is 1. The minimum atomic E-state index is -0.367. The Morgan fingerprint density at radius 1 is 1.03 bits per heavy atom. The molecule has 33 heavy (non-hydrogen) atoms. The van der Waals surface area contributed by atoms with Crippen molar-refractivity contribution in [1.29, 1.82) is 0 Å². The van der Waals surface area contributed by atoms with Crippen LogP contribution < -0.4 is 20.2 Å². The number of ether oxygens (including phenoxy) is 2. The van der Waals surface area contributed by atoms with Gasteiger partial charge in [-0.05, 0) is 18.1 Å². The molecule has 0 bridgehead atoms. The van der Waals surface area contributed by atoms with Gasteiger partial charge in [-0.1, -0.05) is 48.5 Å². The number of benzene rings is 3. The third kappa shape index (κ3) is 5.15. The molecule has 0 saturated carbocycles. The van der Waals surface area contributed by atoms with Crippen molar-refractivity contribution in [1.82, 2.24) is 5.32 Å². The van der Waals surface area contributed by atoms with Gasteiger partial charge in [0.1, 0.15) is 34.0 Å². The average Bonchev–Trinajstić information content (AvgIpc) is 2.83. The Labute approximate surface area is 190 Å². The smallest absolute Gasteiger partial charge is 0.257 e. The molecule has 0 fully saturated rings. The van der Waals surface area contributed by atoms with E-state index in [0.717, 1.165) is 16.9 Å². The molecule has 0 aliphatic rings. The fraction of sp³-hybridized carbons (Fsp3) is 0.154. The molecule has 0 radical (unpaired) electrons. The molecule has 0 aliphatic heterocycles. The summed E-state index contributed by atoms with van der Waals surface area (Å²) in [6, 6.07) is 20.9. The zero-order chi connectivity index (χ0) is 23.2. The lowest BCUT2D eigenvalue weighted by molar-refractivity contribution is -0.123.